The van der Waals surface area contributed by atoms with Crippen LogP contribution in [0.1, 0.15) is 42.6 Å². The number of aliphatic imine (C=N–C) groups is 1. The first-order valence-corrected chi connectivity index (χ1v) is 10.5. The van der Waals surface area contributed by atoms with Crippen molar-refractivity contribution in [2.24, 2.45) is 10.9 Å². The molecule has 164 valence electrons. The molecule has 7 heteroatoms. The summed E-state index contributed by atoms with van der Waals surface area (Å²) < 4.78 is 0. The minimum atomic E-state index is 0. The minimum absolute atomic E-state index is 0. The number of benzene rings is 1. The number of carbonyl (C=O) groups excluding carboxylic acids is 1. The molecule has 29 heavy (non-hydrogen) atoms. The number of halogens is 1. The SMILES string of the molecule is CCNC(=NCC(C)CN1CCCC1)NCCc1cccc(C(=O)N(C)C)c1.I. The summed E-state index contributed by atoms with van der Waals surface area (Å²) in [5.41, 5.74) is 1.89. The highest BCUT2D eigenvalue weighted by atomic mass is 127. The molecule has 1 aromatic carbocycles. The molecule has 0 saturated carbocycles. The third-order valence-electron chi connectivity index (χ3n) is 4.96. The average Bonchev–Trinajstić information content (AvgIpc) is 3.18. The summed E-state index contributed by atoms with van der Waals surface area (Å²) in [6.45, 7) is 10.4. The van der Waals surface area contributed by atoms with Crippen LogP contribution in [0.4, 0.5) is 0 Å². The summed E-state index contributed by atoms with van der Waals surface area (Å²) in [4.78, 5) is 21.0. The summed E-state index contributed by atoms with van der Waals surface area (Å²) in [5, 5.41) is 6.75. The zero-order valence-corrected chi connectivity index (χ0v) is 20.7. The van der Waals surface area contributed by atoms with Crippen molar-refractivity contribution in [1.29, 1.82) is 0 Å². The van der Waals surface area contributed by atoms with Gasteiger partial charge in [0.15, 0.2) is 5.96 Å². The number of hydrogen-bond donors (Lipinski definition) is 2. The molecule has 1 aliphatic heterocycles. The number of likely N-dealkylation sites (tertiary alicyclic amines) is 1. The van der Waals surface area contributed by atoms with Crippen LogP contribution in [0.2, 0.25) is 0 Å². The third-order valence-corrected chi connectivity index (χ3v) is 4.96. The second-order valence-corrected chi connectivity index (χ2v) is 7.91. The molecule has 1 aromatic rings. The maximum absolute atomic E-state index is 12.1. The van der Waals surface area contributed by atoms with Gasteiger partial charge in [-0.15, -0.1) is 24.0 Å². The van der Waals surface area contributed by atoms with E-state index in [9.17, 15) is 4.79 Å². The van der Waals surface area contributed by atoms with E-state index in [0.717, 1.165) is 49.7 Å². The Morgan fingerprint density at radius 3 is 2.62 bits per heavy atom. The molecular formula is C22H38IN5O. The van der Waals surface area contributed by atoms with Crippen molar-refractivity contribution in [3.05, 3.63) is 35.4 Å². The van der Waals surface area contributed by atoms with Crippen LogP contribution in [0.3, 0.4) is 0 Å². The van der Waals surface area contributed by atoms with Gasteiger partial charge in [0.1, 0.15) is 0 Å². The molecule has 2 rings (SSSR count). The lowest BCUT2D eigenvalue weighted by Gasteiger charge is -2.19. The number of guanidine groups is 1. The van der Waals surface area contributed by atoms with Crippen molar-refractivity contribution in [3.8, 4) is 0 Å². The molecule has 6 nitrogen and oxygen atoms in total. The van der Waals surface area contributed by atoms with Gasteiger partial charge in [0.2, 0.25) is 0 Å². The molecule has 1 fully saturated rings. The lowest BCUT2D eigenvalue weighted by Crippen LogP contribution is -2.39. The van der Waals surface area contributed by atoms with Crippen molar-refractivity contribution in [1.82, 2.24) is 20.4 Å². The zero-order chi connectivity index (χ0) is 20.4. The monoisotopic (exact) mass is 515 g/mol. The van der Waals surface area contributed by atoms with E-state index in [1.54, 1.807) is 19.0 Å². The molecule has 1 heterocycles. The van der Waals surface area contributed by atoms with Gasteiger partial charge in [0, 0.05) is 45.8 Å². The van der Waals surface area contributed by atoms with Gasteiger partial charge in [-0.2, -0.15) is 0 Å². The van der Waals surface area contributed by atoms with Crippen molar-refractivity contribution in [2.75, 3.05) is 53.4 Å². The molecule has 0 aromatic heterocycles. The molecule has 1 amide bonds. The number of nitrogens with one attached hydrogen (secondary N) is 2. The first-order chi connectivity index (χ1) is 13.5. The standard InChI is InChI=1S/C22H37N5O.HI/c1-5-23-22(25-16-18(2)17-27-13-6-7-14-27)24-12-11-19-9-8-10-20(15-19)21(28)26(3)4;/h8-10,15,18H,5-7,11-14,16-17H2,1-4H3,(H2,23,24,25);1H. The molecule has 1 unspecified atom stereocenters. The summed E-state index contributed by atoms with van der Waals surface area (Å²) in [6.07, 6.45) is 3.52. The van der Waals surface area contributed by atoms with Crippen LogP contribution < -0.4 is 10.6 Å². The smallest absolute Gasteiger partial charge is 0.253 e. The quantitative estimate of drug-likeness (QED) is 0.302. The van der Waals surface area contributed by atoms with Crippen LogP contribution in [-0.2, 0) is 6.42 Å². The molecule has 0 aliphatic carbocycles. The Morgan fingerprint density at radius 1 is 1.24 bits per heavy atom. The Balaban J connectivity index is 0.00000420. The fourth-order valence-electron chi connectivity index (χ4n) is 3.50. The van der Waals surface area contributed by atoms with Crippen LogP contribution in [0.15, 0.2) is 29.3 Å². The Kier molecular flexibility index (Phi) is 12.2. The van der Waals surface area contributed by atoms with Gasteiger partial charge in [-0.25, -0.2) is 0 Å². The van der Waals surface area contributed by atoms with Crippen molar-refractivity contribution in [2.45, 2.75) is 33.1 Å². The molecule has 1 saturated heterocycles. The lowest BCUT2D eigenvalue weighted by atomic mass is 10.1. The lowest BCUT2D eigenvalue weighted by molar-refractivity contribution is 0.0827. The van der Waals surface area contributed by atoms with E-state index < -0.39 is 0 Å². The van der Waals surface area contributed by atoms with Gasteiger partial charge < -0.3 is 20.4 Å². The maximum atomic E-state index is 12.1. The van der Waals surface area contributed by atoms with Crippen LogP contribution >= 0.6 is 24.0 Å². The Labute approximate surface area is 193 Å². The zero-order valence-electron chi connectivity index (χ0n) is 18.4. The van der Waals surface area contributed by atoms with Crippen molar-refractivity contribution in [3.63, 3.8) is 0 Å². The van der Waals surface area contributed by atoms with Crippen LogP contribution in [0.5, 0.6) is 0 Å². The van der Waals surface area contributed by atoms with E-state index in [0.29, 0.717) is 5.92 Å². The number of rotatable bonds is 9. The van der Waals surface area contributed by atoms with Crippen LogP contribution in [-0.4, -0.2) is 75.0 Å². The van der Waals surface area contributed by atoms with E-state index in [4.69, 9.17) is 4.99 Å². The molecule has 1 aliphatic rings. The van der Waals surface area contributed by atoms with Crippen molar-refractivity contribution < 1.29 is 4.79 Å². The summed E-state index contributed by atoms with van der Waals surface area (Å²) in [7, 11) is 3.56. The van der Waals surface area contributed by atoms with E-state index in [-0.39, 0.29) is 29.9 Å². The number of hydrogen-bond acceptors (Lipinski definition) is 3. The highest BCUT2D eigenvalue weighted by Gasteiger charge is 2.14. The topological polar surface area (TPSA) is 60.0 Å². The first-order valence-electron chi connectivity index (χ1n) is 10.5. The second kappa shape index (κ2) is 13.8. The Bertz CT molecular complexity index is 644. The second-order valence-electron chi connectivity index (χ2n) is 7.91. The molecular weight excluding hydrogens is 477 g/mol. The normalized spacial score (nSPS) is 15.5. The van der Waals surface area contributed by atoms with Gasteiger partial charge in [-0.1, -0.05) is 19.1 Å². The van der Waals surface area contributed by atoms with Gasteiger partial charge in [0.25, 0.3) is 5.91 Å². The number of carbonyl (C=O) groups is 1. The van der Waals surface area contributed by atoms with Gasteiger partial charge in [-0.05, 0) is 62.9 Å². The Hall–Kier alpha value is -1.35. The van der Waals surface area contributed by atoms with Crippen LogP contribution in [0.25, 0.3) is 0 Å². The summed E-state index contributed by atoms with van der Waals surface area (Å²) in [6, 6.07) is 7.86. The largest absolute Gasteiger partial charge is 0.357 e. The van der Waals surface area contributed by atoms with E-state index in [1.165, 1.54) is 25.9 Å². The molecule has 0 radical (unpaired) electrons. The minimum Gasteiger partial charge on any atom is -0.357 e. The van der Waals surface area contributed by atoms with E-state index in [1.807, 2.05) is 18.2 Å². The predicted octanol–water partition coefficient (Wildman–Crippen LogP) is 2.84. The van der Waals surface area contributed by atoms with E-state index >= 15 is 0 Å². The van der Waals surface area contributed by atoms with Gasteiger partial charge >= 0.3 is 0 Å². The number of amides is 1. The third kappa shape index (κ3) is 9.33. The maximum Gasteiger partial charge on any atom is 0.253 e. The van der Waals surface area contributed by atoms with Gasteiger partial charge in [0.05, 0.1) is 0 Å². The predicted molar refractivity (Wildman–Crippen MR) is 132 cm³/mol. The highest BCUT2D eigenvalue weighted by Crippen LogP contribution is 2.10. The molecule has 0 bridgehead atoms. The molecule has 0 spiro atoms. The fourth-order valence-corrected chi connectivity index (χ4v) is 3.50. The Morgan fingerprint density at radius 2 is 1.97 bits per heavy atom. The van der Waals surface area contributed by atoms with E-state index in [2.05, 4.69) is 35.4 Å². The summed E-state index contributed by atoms with van der Waals surface area (Å²) in [5.74, 6) is 1.47. The van der Waals surface area contributed by atoms with Crippen molar-refractivity contribution >= 4 is 35.8 Å². The molecule has 2 N–H and O–H groups in total. The van der Waals surface area contributed by atoms with Gasteiger partial charge in [-0.3, -0.25) is 9.79 Å². The highest BCUT2D eigenvalue weighted by molar-refractivity contribution is 14.0. The first kappa shape index (κ1) is 25.7. The van der Waals surface area contributed by atoms with Crippen LogP contribution in [0, 0.1) is 5.92 Å². The number of nitrogens with zero attached hydrogens (tertiary/aromatic N) is 3. The fraction of sp³-hybridized carbons (Fsp3) is 0.636. The summed E-state index contributed by atoms with van der Waals surface area (Å²) >= 11 is 0. The molecule has 1 atom stereocenters. The average molecular weight is 515 g/mol.